The monoisotopic (exact) mass is 326 g/mol. The minimum absolute atomic E-state index is 0.0636. The van der Waals surface area contributed by atoms with Crippen molar-refractivity contribution in [3.63, 3.8) is 0 Å². The lowest BCUT2D eigenvalue weighted by Gasteiger charge is -2.39. The van der Waals surface area contributed by atoms with Gasteiger partial charge in [0.05, 0.1) is 12.1 Å². The number of nitrogens with two attached hydrogens (primary N) is 1. The normalized spacial score (nSPS) is 26.0. The molecule has 1 fully saturated rings. The predicted octanol–water partition coefficient (Wildman–Crippen LogP) is 2.54. The summed E-state index contributed by atoms with van der Waals surface area (Å²) in [4.78, 5) is 2.32. The molecule has 0 heterocycles. The Balaban J connectivity index is 2.09. The number of aliphatic hydroxyl groups is 1. The molecule has 1 aliphatic rings. The number of hydrogen-bond acceptors (Lipinski definition) is 3. The highest BCUT2D eigenvalue weighted by Crippen LogP contribution is 2.33. The Morgan fingerprint density at radius 1 is 1.42 bits per heavy atom. The van der Waals surface area contributed by atoms with Gasteiger partial charge in [0.2, 0.25) is 0 Å². The highest BCUT2D eigenvalue weighted by atomic mass is 79.9. The third kappa shape index (κ3) is 3.57. The van der Waals surface area contributed by atoms with Crippen molar-refractivity contribution in [2.24, 2.45) is 11.7 Å². The van der Waals surface area contributed by atoms with Crippen molar-refractivity contribution >= 4 is 15.9 Å². The third-order valence-electron chi connectivity index (χ3n) is 3.95. The number of halogens is 1. The maximum Gasteiger partial charge on any atom is 0.0546 e. The minimum Gasteiger partial charge on any atom is -0.393 e. The van der Waals surface area contributed by atoms with E-state index in [1.807, 2.05) is 6.07 Å². The van der Waals surface area contributed by atoms with Gasteiger partial charge < -0.3 is 10.8 Å². The summed E-state index contributed by atoms with van der Waals surface area (Å²) >= 11 is 3.62. The van der Waals surface area contributed by atoms with Gasteiger partial charge in [0.1, 0.15) is 0 Å². The molecule has 4 heteroatoms. The number of benzene rings is 1. The van der Waals surface area contributed by atoms with E-state index < -0.39 is 0 Å². The first-order valence-corrected chi connectivity index (χ1v) is 7.66. The fourth-order valence-electron chi connectivity index (χ4n) is 3.01. The maximum atomic E-state index is 9.39. The zero-order valence-electron chi connectivity index (χ0n) is 11.6. The zero-order valence-corrected chi connectivity index (χ0v) is 13.2. The van der Waals surface area contributed by atoms with Crippen LogP contribution < -0.4 is 5.73 Å². The van der Waals surface area contributed by atoms with Crippen molar-refractivity contribution in [3.05, 3.63) is 34.3 Å². The molecule has 19 heavy (non-hydrogen) atoms. The van der Waals surface area contributed by atoms with Crippen LogP contribution >= 0.6 is 15.9 Å². The summed E-state index contributed by atoms with van der Waals surface area (Å²) in [6.07, 6.45) is 1.76. The van der Waals surface area contributed by atoms with Crippen LogP contribution in [0.2, 0.25) is 0 Å². The first kappa shape index (κ1) is 15.0. The van der Waals surface area contributed by atoms with Crippen LogP contribution in [0.4, 0.5) is 0 Å². The average molecular weight is 327 g/mol. The SMILES string of the molecule is CC(N)C(c1ccccc1Br)N(C)CC1CC(O)C1. The quantitative estimate of drug-likeness (QED) is 0.874. The third-order valence-corrected chi connectivity index (χ3v) is 4.68. The second-order valence-corrected chi connectivity index (χ2v) is 6.61. The van der Waals surface area contributed by atoms with Gasteiger partial charge in [0.25, 0.3) is 0 Å². The van der Waals surface area contributed by atoms with Crippen molar-refractivity contribution in [3.8, 4) is 0 Å². The molecule has 3 N–H and O–H groups in total. The second-order valence-electron chi connectivity index (χ2n) is 5.76. The van der Waals surface area contributed by atoms with E-state index >= 15 is 0 Å². The molecule has 0 spiro atoms. The highest BCUT2D eigenvalue weighted by molar-refractivity contribution is 9.10. The van der Waals surface area contributed by atoms with Gasteiger partial charge in [-0.3, -0.25) is 4.90 Å². The fourth-order valence-corrected chi connectivity index (χ4v) is 3.53. The number of rotatable bonds is 5. The van der Waals surface area contributed by atoms with Crippen molar-refractivity contribution in [1.29, 1.82) is 0 Å². The minimum atomic E-state index is -0.0874. The second kappa shape index (κ2) is 6.35. The topological polar surface area (TPSA) is 49.5 Å². The summed E-state index contributed by atoms with van der Waals surface area (Å²) in [5.41, 5.74) is 7.43. The number of likely N-dealkylation sites (N-methyl/N-ethyl adjacent to an activating group) is 1. The molecule has 2 rings (SSSR count). The van der Waals surface area contributed by atoms with E-state index in [0.29, 0.717) is 5.92 Å². The zero-order chi connectivity index (χ0) is 14.0. The van der Waals surface area contributed by atoms with Crippen molar-refractivity contribution < 1.29 is 5.11 Å². The van der Waals surface area contributed by atoms with Crippen LogP contribution in [0.25, 0.3) is 0 Å². The average Bonchev–Trinajstić information content (AvgIpc) is 2.29. The van der Waals surface area contributed by atoms with E-state index in [0.717, 1.165) is 23.9 Å². The van der Waals surface area contributed by atoms with Gasteiger partial charge in [-0.2, -0.15) is 0 Å². The Bertz CT molecular complexity index is 418. The van der Waals surface area contributed by atoms with Crippen molar-refractivity contribution in [1.82, 2.24) is 4.90 Å². The Morgan fingerprint density at radius 2 is 2.05 bits per heavy atom. The lowest BCUT2D eigenvalue weighted by atomic mass is 9.81. The van der Waals surface area contributed by atoms with E-state index in [4.69, 9.17) is 5.73 Å². The molecule has 0 bridgehead atoms. The molecule has 0 aromatic heterocycles. The number of aliphatic hydroxyl groups excluding tert-OH is 1. The fraction of sp³-hybridized carbons (Fsp3) is 0.600. The van der Waals surface area contributed by atoms with Gasteiger partial charge >= 0.3 is 0 Å². The molecule has 2 unspecified atom stereocenters. The molecule has 0 saturated heterocycles. The lowest BCUT2D eigenvalue weighted by molar-refractivity contribution is 0.0202. The van der Waals surface area contributed by atoms with E-state index in [-0.39, 0.29) is 18.2 Å². The molecular weight excluding hydrogens is 304 g/mol. The Hall–Kier alpha value is -0.420. The molecule has 0 aliphatic heterocycles. The summed E-state index contributed by atoms with van der Waals surface area (Å²) in [5, 5.41) is 9.39. The van der Waals surface area contributed by atoms with E-state index in [2.05, 4.69) is 53.0 Å². The molecule has 0 amide bonds. The predicted molar refractivity (Wildman–Crippen MR) is 81.9 cm³/mol. The highest BCUT2D eigenvalue weighted by Gasteiger charge is 2.31. The molecule has 1 aromatic carbocycles. The summed E-state index contributed by atoms with van der Waals surface area (Å²) in [6, 6.07) is 8.53. The molecule has 0 radical (unpaired) electrons. The molecular formula is C15H23BrN2O. The van der Waals surface area contributed by atoms with E-state index in [1.54, 1.807) is 0 Å². The van der Waals surface area contributed by atoms with Gasteiger partial charge in [-0.05, 0) is 44.4 Å². The van der Waals surface area contributed by atoms with Gasteiger partial charge in [0, 0.05) is 17.1 Å². The van der Waals surface area contributed by atoms with Crippen LogP contribution in [0, 0.1) is 5.92 Å². The molecule has 1 saturated carbocycles. The van der Waals surface area contributed by atoms with Gasteiger partial charge in [-0.25, -0.2) is 0 Å². The lowest BCUT2D eigenvalue weighted by Crippen LogP contribution is -2.43. The van der Waals surface area contributed by atoms with Crippen molar-refractivity contribution in [2.75, 3.05) is 13.6 Å². The van der Waals surface area contributed by atoms with Crippen LogP contribution in [-0.2, 0) is 0 Å². The first-order valence-electron chi connectivity index (χ1n) is 6.87. The first-order chi connectivity index (χ1) is 8.99. The van der Waals surface area contributed by atoms with Crippen molar-refractivity contribution in [2.45, 2.75) is 38.0 Å². The van der Waals surface area contributed by atoms with E-state index in [1.165, 1.54) is 5.56 Å². The maximum absolute atomic E-state index is 9.39. The van der Waals surface area contributed by atoms with Gasteiger partial charge in [-0.1, -0.05) is 34.1 Å². The van der Waals surface area contributed by atoms with Gasteiger partial charge in [-0.15, -0.1) is 0 Å². The van der Waals surface area contributed by atoms with Crippen LogP contribution in [-0.4, -0.2) is 35.7 Å². The Labute approximate surface area is 123 Å². The molecule has 2 atom stereocenters. The number of hydrogen-bond donors (Lipinski definition) is 2. The van der Waals surface area contributed by atoms with E-state index in [9.17, 15) is 5.11 Å². The smallest absolute Gasteiger partial charge is 0.0546 e. The molecule has 1 aromatic rings. The summed E-state index contributed by atoms with van der Waals surface area (Å²) < 4.78 is 1.11. The Kier molecular flexibility index (Phi) is 5.01. The van der Waals surface area contributed by atoms with Crippen LogP contribution in [0.3, 0.4) is 0 Å². The summed E-state index contributed by atoms with van der Waals surface area (Å²) in [5.74, 6) is 0.601. The largest absolute Gasteiger partial charge is 0.393 e. The standard InChI is InChI=1S/C15H23BrN2O/c1-10(17)15(13-5-3-4-6-14(13)16)18(2)9-11-7-12(19)8-11/h3-6,10-12,15,19H,7-9,17H2,1-2H3. The molecule has 3 nitrogen and oxygen atoms in total. The van der Waals surface area contributed by atoms with Crippen LogP contribution in [0.15, 0.2) is 28.7 Å². The van der Waals surface area contributed by atoms with Crippen LogP contribution in [0.1, 0.15) is 31.4 Å². The van der Waals surface area contributed by atoms with Gasteiger partial charge in [0.15, 0.2) is 0 Å². The summed E-state index contributed by atoms with van der Waals surface area (Å²) in [6.45, 7) is 3.04. The molecule has 1 aliphatic carbocycles. The summed E-state index contributed by atoms with van der Waals surface area (Å²) in [7, 11) is 2.12. The number of nitrogens with zero attached hydrogens (tertiary/aromatic N) is 1. The molecule has 106 valence electrons. The Morgan fingerprint density at radius 3 is 2.58 bits per heavy atom. The van der Waals surface area contributed by atoms with Crippen LogP contribution in [0.5, 0.6) is 0 Å².